The zero-order valence-corrected chi connectivity index (χ0v) is 24.6. The molecule has 220 valence electrons. The summed E-state index contributed by atoms with van der Waals surface area (Å²) in [5, 5.41) is 11.9. The van der Waals surface area contributed by atoms with Crippen molar-refractivity contribution in [3.63, 3.8) is 0 Å². The van der Waals surface area contributed by atoms with E-state index in [9.17, 15) is 14.0 Å². The zero-order chi connectivity index (χ0) is 29.8. The summed E-state index contributed by atoms with van der Waals surface area (Å²) >= 11 is 0. The molecule has 0 amide bonds. The van der Waals surface area contributed by atoms with Crippen LogP contribution in [0.3, 0.4) is 0 Å². The van der Waals surface area contributed by atoms with Gasteiger partial charge in [-0.3, -0.25) is 4.79 Å². The van der Waals surface area contributed by atoms with Gasteiger partial charge in [-0.05, 0) is 67.5 Å². The minimum absolute atomic E-state index is 0.0999. The second kappa shape index (κ2) is 13.1. The molecule has 2 atom stereocenters. The Morgan fingerprint density at radius 2 is 1.93 bits per heavy atom. The molecule has 3 heterocycles. The van der Waals surface area contributed by atoms with Gasteiger partial charge in [-0.1, -0.05) is 26.7 Å². The van der Waals surface area contributed by atoms with E-state index in [0.29, 0.717) is 52.8 Å². The number of aldehydes is 2. The molecule has 2 N–H and O–H groups in total. The topological polar surface area (TPSA) is 111 Å². The fourth-order valence-corrected chi connectivity index (χ4v) is 5.83. The molecule has 6 rings (SSSR count). The van der Waals surface area contributed by atoms with Gasteiger partial charge in [0.15, 0.2) is 0 Å². The van der Waals surface area contributed by atoms with Gasteiger partial charge in [-0.25, -0.2) is 9.37 Å². The van der Waals surface area contributed by atoms with Crippen molar-refractivity contribution >= 4 is 23.5 Å². The van der Waals surface area contributed by atoms with E-state index in [4.69, 9.17) is 19.6 Å². The maximum atomic E-state index is 14.8. The van der Waals surface area contributed by atoms with Crippen LogP contribution >= 0.6 is 0 Å². The lowest BCUT2D eigenvalue weighted by Gasteiger charge is -2.28. The number of fused-ring (bicyclic) bond motifs is 4. The summed E-state index contributed by atoms with van der Waals surface area (Å²) in [4.78, 5) is 39.2. The first-order valence-electron chi connectivity index (χ1n) is 14.3. The number of rotatable bonds is 7. The maximum absolute atomic E-state index is 14.8. The summed E-state index contributed by atoms with van der Waals surface area (Å²) in [6, 6.07) is 3.53. The lowest BCUT2D eigenvalue weighted by atomic mass is 9.82. The van der Waals surface area contributed by atoms with E-state index in [2.05, 4.69) is 12.2 Å². The second-order valence-electron chi connectivity index (χ2n) is 11.1. The molecule has 0 bridgehead atoms. The van der Waals surface area contributed by atoms with Crippen molar-refractivity contribution in [2.75, 3.05) is 20.8 Å². The van der Waals surface area contributed by atoms with Gasteiger partial charge in [0.05, 0.1) is 36.7 Å². The minimum Gasteiger partial charge on any atom is -0.389 e. The molecule has 3 aliphatic rings. The summed E-state index contributed by atoms with van der Waals surface area (Å²) in [7, 11) is 3.48. The Hall–Kier alpha value is -3.27. The number of benzene rings is 1. The van der Waals surface area contributed by atoms with Gasteiger partial charge in [0.2, 0.25) is 0 Å². The number of halogens is 1. The number of aryl methyl sites for hydroxylation is 1. The first kappa shape index (κ1) is 30.7. The van der Waals surface area contributed by atoms with Crippen molar-refractivity contribution in [1.29, 1.82) is 0 Å². The molecule has 8 nitrogen and oxygen atoms in total. The molecule has 1 aromatic carbocycles. The molecule has 0 saturated heterocycles. The number of ether oxygens (including phenoxy) is 1. The highest BCUT2D eigenvalue weighted by Crippen LogP contribution is 2.44. The largest absolute Gasteiger partial charge is 0.389 e. The number of nitrogens with one attached hydrogen (secondary N) is 1. The molecule has 2 aromatic heterocycles. The molecule has 0 radical (unpaired) electrons. The van der Waals surface area contributed by atoms with Crippen molar-refractivity contribution in [3.8, 4) is 11.4 Å². The number of aliphatic hydroxyl groups excluding tert-OH is 1. The number of carbonyl (C=O) groups is 2. The molecule has 3 aromatic rings. The third-order valence-electron chi connectivity index (χ3n) is 8.35. The molecule has 2 unspecified atom stereocenters. The molecular weight excluding hydrogens is 525 g/mol. The van der Waals surface area contributed by atoms with Gasteiger partial charge in [0, 0.05) is 41.6 Å². The van der Waals surface area contributed by atoms with E-state index in [1.165, 1.54) is 18.9 Å². The van der Waals surface area contributed by atoms with E-state index in [1.807, 2.05) is 27.0 Å². The van der Waals surface area contributed by atoms with Crippen molar-refractivity contribution in [2.24, 2.45) is 5.92 Å². The van der Waals surface area contributed by atoms with Crippen LogP contribution in [-0.2, 0) is 33.9 Å². The first-order chi connectivity index (χ1) is 19.8. The van der Waals surface area contributed by atoms with Crippen molar-refractivity contribution in [2.45, 2.75) is 78.0 Å². The number of nitrogens with zero attached hydrogens (tertiary/aromatic N) is 2. The molecule has 1 aliphatic heterocycles. The van der Waals surface area contributed by atoms with Crippen molar-refractivity contribution in [1.82, 2.24) is 14.9 Å². The number of pyridine rings is 2. The average Bonchev–Trinajstić information content (AvgIpc) is 3.68. The molecule has 1 fully saturated rings. The van der Waals surface area contributed by atoms with Crippen LogP contribution in [0.4, 0.5) is 4.39 Å². The zero-order valence-electron chi connectivity index (χ0n) is 24.6. The third-order valence-corrected chi connectivity index (χ3v) is 8.35. The number of methoxy groups -OCH3 is 1. The Kier molecular flexibility index (Phi) is 9.84. The quantitative estimate of drug-likeness (QED) is 0.317. The SMILES string of the molecule is CC1CC1.CCC(C=O)c1cc2n(c(=O)c1COC)Cc1c-2nc2cc(F)c(C)c3c2c1C(NC)CC3.O=CCO. The minimum atomic E-state index is -0.395. The van der Waals surface area contributed by atoms with Crippen LogP contribution in [0.25, 0.3) is 22.3 Å². The fourth-order valence-electron chi connectivity index (χ4n) is 5.83. The highest BCUT2D eigenvalue weighted by molar-refractivity contribution is 5.93. The van der Waals surface area contributed by atoms with Crippen LogP contribution < -0.4 is 10.9 Å². The summed E-state index contributed by atoms with van der Waals surface area (Å²) in [5.74, 6) is 0.436. The van der Waals surface area contributed by atoms with Crippen LogP contribution in [0.1, 0.15) is 84.9 Å². The predicted octanol–water partition coefficient (Wildman–Crippen LogP) is 4.51. The van der Waals surface area contributed by atoms with Crippen LogP contribution in [0.15, 0.2) is 16.9 Å². The first-order valence-corrected chi connectivity index (χ1v) is 14.3. The van der Waals surface area contributed by atoms with Gasteiger partial charge in [0.1, 0.15) is 18.4 Å². The van der Waals surface area contributed by atoms with Crippen LogP contribution in [0.2, 0.25) is 0 Å². The number of aromatic nitrogens is 2. The lowest BCUT2D eigenvalue weighted by molar-refractivity contribution is -0.110. The molecule has 2 aliphatic carbocycles. The summed E-state index contributed by atoms with van der Waals surface area (Å²) in [5.41, 5.74) is 6.86. The van der Waals surface area contributed by atoms with Gasteiger partial charge in [-0.15, -0.1) is 0 Å². The number of hydrogen-bond donors (Lipinski definition) is 2. The van der Waals surface area contributed by atoms with E-state index >= 15 is 0 Å². The highest BCUT2D eigenvalue weighted by Gasteiger charge is 2.34. The molecular formula is C32H40FN3O5. The molecule has 9 heteroatoms. The Balaban J connectivity index is 0.000000424. The molecule has 0 spiro atoms. The monoisotopic (exact) mass is 565 g/mol. The molecule has 1 saturated carbocycles. The number of carbonyl (C=O) groups excluding carboxylic acids is 2. The normalized spacial score (nSPS) is 17.0. The Bertz CT molecular complexity index is 1510. The predicted molar refractivity (Wildman–Crippen MR) is 157 cm³/mol. The van der Waals surface area contributed by atoms with Crippen LogP contribution in [-0.4, -0.2) is 48.0 Å². The molecule has 41 heavy (non-hydrogen) atoms. The Morgan fingerprint density at radius 1 is 1.24 bits per heavy atom. The van der Waals surface area contributed by atoms with Crippen LogP contribution in [0.5, 0.6) is 0 Å². The van der Waals surface area contributed by atoms with Gasteiger partial charge in [-0.2, -0.15) is 0 Å². The van der Waals surface area contributed by atoms with Gasteiger partial charge < -0.3 is 29.3 Å². The van der Waals surface area contributed by atoms with E-state index in [-0.39, 0.29) is 30.6 Å². The van der Waals surface area contributed by atoms with Crippen molar-refractivity contribution < 1.29 is 23.8 Å². The summed E-state index contributed by atoms with van der Waals surface area (Å²) in [6.45, 7) is 6.22. The van der Waals surface area contributed by atoms with E-state index in [1.54, 1.807) is 11.7 Å². The van der Waals surface area contributed by atoms with E-state index < -0.39 is 5.92 Å². The fraction of sp³-hybridized carbons (Fsp3) is 0.500. The van der Waals surface area contributed by atoms with Crippen LogP contribution in [0, 0.1) is 18.7 Å². The summed E-state index contributed by atoms with van der Waals surface area (Å²) < 4.78 is 21.8. The second-order valence-corrected chi connectivity index (χ2v) is 11.1. The Morgan fingerprint density at radius 3 is 2.46 bits per heavy atom. The summed E-state index contributed by atoms with van der Waals surface area (Å²) in [6.07, 6.45) is 6.52. The van der Waals surface area contributed by atoms with Gasteiger partial charge in [0.25, 0.3) is 5.56 Å². The Labute approximate surface area is 239 Å². The number of aliphatic hydroxyl groups is 1. The standard InChI is InChI=1S/C26H28FN3O3.C4H8.C2H4O2/c1-5-14(11-31)16-8-22-25-17(10-30(22)26(32)18(16)12-33-4)24-20(28-3)7-6-15-13(2)19(27)9-21(29-25)23(15)24;1-4-2-3-4;3-1-2-4/h8-9,11,14,20,28H,5-7,10,12H2,1-4H3;4H,2-3H2,1H3;1,4H,2H2. The third kappa shape index (κ3) is 5.89. The van der Waals surface area contributed by atoms with E-state index in [0.717, 1.165) is 47.1 Å². The highest BCUT2D eigenvalue weighted by atomic mass is 19.1. The van der Waals surface area contributed by atoms with Crippen molar-refractivity contribution in [3.05, 3.63) is 61.7 Å². The van der Waals surface area contributed by atoms with Gasteiger partial charge >= 0.3 is 0 Å². The average molecular weight is 566 g/mol. The number of hydrogen-bond acceptors (Lipinski definition) is 7. The maximum Gasteiger partial charge on any atom is 0.257 e. The smallest absolute Gasteiger partial charge is 0.257 e. The lowest BCUT2D eigenvalue weighted by Crippen LogP contribution is -2.27.